The number of ether oxygens (including phenoxy) is 1. The average Bonchev–Trinajstić information content (AvgIpc) is 3.05. The molecule has 0 saturated heterocycles. The van der Waals surface area contributed by atoms with E-state index in [1.165, 1.54) is 12.1 Å². The van der Waals surface area contributed by atoms with E-state index in [1.54, 1.807) is 16.7 Å². The van der Waals surface area contributed by atoms with E-state index in [4.69, 9.17) is 4.74 Å². The third-order valence-corrected chi connectivity index (χ3v) is 6.10. The number of nitrogens with zero attached hydrogens (tertiary/aromatic N) is 2. The second-order valence-electron chi connectivity index (χ2n) is 5.70. The van der Waals surface area contributed by atoms with Gasteiger partial charge in [-0.1, -0.05) is 30.4 Å². The molecule has 7 nitrogen and oxygen atoms in total. The molecule has 0 spiro atoms. The van der Waals surface area contributed by atoms with Crippen molar-refractivity contribution >= 4 is 45.7 Å². The number of hydrogen-bond acceptors (Lipinski definition) is 7. The van der Waals surface area contributed by atoms with Crippen molar-refractivity contribution in [3.8, 4) is 0 Å². The number of thiophene rings is 1. The molecule has 2 aromatic rings. The van der Waals surface area contributed by atoms with Crippen molar-refractivity contribution in [1.82, 2.24) is 0 Å². The quantitative estimate of drug-likeness (QED) is 0.447. The lowest BCUT2D eigenvalue weighted by Gasteiger charge is -2.22. The van der Waals surface area contributed by atoms with Gasteiger partial charge < -0.3 is 9.64 Å². The van der Waals surface area contributed by atoms with Crippen LogP contribution in [0.3, 0.4) is 0 Å². The molecule has 3 rings (SSSR count). The summed E-state index contributed by atoms with van der Waals surface area (Å²) in [6.07, 6.45) is 0.830. The van der Waals surface area contributed by atoms with Gasteiger partial charge >= 0.3 is 11.0 Å². The second kappa shape index (κ2) is 7.88. The summed E-state index contributed by atoms with van der Waals surface area (Å²) < 4.78 is 5.07. The molecule has 0 bridgehead atoms. The van der Waals surface area contributed by atoms with Crippen molar-refractivity contribution in [2.24, 2.45) is 0 Å². The Bertz CT molecular complexity index is 851. The highest BCUT2D eigenvalue weighted by molar-refractivity contribution is 8.00. The van der Waals surface area contributed by atoms with Crippen molar-refractivity contribution in [1.29, 1.82) is 0 Å². The predicted octanol–water partition coefficient (Wildman–Crippen LogP) is 3.73. The summed E-state index contributed by atoms with van der Waals surface area (Å²) in [6, 6.07) is 10.2. The second-order valence-corrected chi connectivity index (χ2v) is 8.24. The SMILES string of the molecule is C[C@H]1CCN(C(=O)COC(=O)c2ccc([N+](=O)[O-])s2)c2ccccc2S1. The molecule has 0 saturated carbocycles. The van der Waals surface area contributed by atoms with E-state index >= 15 is 0 Å². The molecule has 0 fully saturated rings. The molecule has 0 radical (unpaired) electrons. The summed E-state index contributed by atoms with van der Waals surface area (Å²) in [5.74, 6) is -1.05. The van der Waals surface area contributed by atoms with E-state index in [1.807, 2.05) is 24.3 Å². The number of fused-ring (bicyclic) bond motifs is 1. The molecular weight excluding hydrogens is 376 g/mol. The van der Waals surface area contributed by atoms with Gasteiger partial charge in [-0.2, -0.15) is 0 Å². The number of carbonyl (C=O) groups excluding carboxylic acids is 2. The van der Waals surface area contributed by atoms with Crippen molar-refractivity contribution in [2.75, 3.05) is 18.1 Å². The topological polar surface area (TPSA) is 89.8 Å². The Morgan fingerprint density at radius 2 is 2.08 bits per heavy atom. The zero-order valence-corrected chi connectivity index (χ0v) is 15.5. The number of benzene rings is 1. The van der Waals surface area contributed by atoms with Crippen LogP contribution in [0, 0.1) is 10.1 Å². The smallest absolute Gasteiger partial charge is 0.349 e. The predicted molar refractivity (Wildman–Crippen MR) is 100.0 cm³/mol. The maximum atomic E-state index is 12.6. The van der Waals surface area contributed by atoms with Crippen molar-refractivity contribution < 1.29 is 19.2 Å². The highest BCUT2D eigenvalue weighted by Crippen LogP contribution is 2.37. The normalized spacial score (nSPS) is 16.5. The minimum absolute atomic E-state index is 0.102. The van der Waals surface area contributed by atoms with Crippen LogP contribution >= 0.6 is 23.1 Å². The molecule has 136 valence electrons. The third kappa shape index (κ3) is 4.05. The first kappa shape index (κ1) is 18.4. The number of esters is 1. The number of rotatable bonds is 4. The molecule has 2 heterocycles. The van der Waals surface area contributed by atoms with Gasteiger partial charge in [0.15, 0.2) is 6.61 Å². The van der Waals surface area contributed by atoms with Gasteiger partial charge in [-0.25, -0.2) is 4.79 Å². The molecule has 0 N–H and O–H groups in total. The Kier molecular flexibility index (Phi) is 5.58. The average molecular weight is 392 g/mol. The monoisotopic (exact) mass is 392 g/mol. The maximum absolute atomic E-state index is 12.6. The van der Waals surface area contributed by atoms with Gasteiger partial charge in [0.25, 0.3) is 5.91 Å². The number of para-hydroxylation sites is 1. The van der Waals surface area contributed by atoms with Crippen LogP contribution in [-0.2, 0) is 9.53 Å². The number of hydrogen-bond donors (Lipinski definition) is 0. The van der Waals surface area contributed by atoms with E-state index in [0.717, 1.165) is 28.3 Å². The standard InChI is InChI=1S/C17H16N2O5S2/c1-11-8-9-18(12-4-2-3-5-13(12)25-11)15(20)10-24-17(21)14-6-7-16(26-14)19(22)23/h2-7,11H,8-10H2,1H3/t11-/m0/s1. The largest absolute Gasteiger partial charge is 0.451 e. The lowest BCUT2D eigenvalue weighted by Crippen LogP contribution is -2.35. The van der Waals surface area contributed by atoms with Crippen LogP contribution in [-0.4, -0.2) is 35.2 Å². The molecule has 1 aliphatic rings. The van der Waals surface area contributed by atoms with Crippen molar-refractivity contribution in [3.63, 3.8) is 0 Å². The number of amides is 1. The summed E-state index contributed by atoms with van der Waals surface area (Å²) in [5, 5.41) is 10.9. The van der Waals surface area contributed by atoms with Gasteiger partial charge in [-0.05, 0) is 24.6 Å². The molecule has 1 amide bonds. The first-order valence-corrected chi connectivity index (χ1v) is 9.62. The Labute approximate surface area is 158 Å². The Hall–Kier alpha value is -2.39. The van der Waals surface area contributed by atoms with Crippen LogP contribution in [0.2, 0.25) is 0 Å². The van der Waals surface area contributed by atoms with Gasteiger partial charge in [0.1, 0.15) is 4.88 Å². The Balaban J connectivity index is 1.68. The van der Waals surface area contributed by atoms with Crippen LogP contribution < -0.4 is 4.90 Å². The molecule has 0 unspecified atom stereocenters. The van der Waals surface area contributed by atoms with Crippen LogP contribution in [0.1, 0.15) is 23.0 Å². The molecule has 1 aromatic carbocycles. The van der Waals surface area contributed by atoms with Gasteiger partial charge in [-0.15, -0.1) is 11.8 Å². The lowest BCUT2D eigenvalue weighted by atomic mass is 10.2. The van der Waals surface area contributed by atoms with Crippen LogP contribution in [0.4, 0.5) is 10.7 Å². The molecule has 1 aliphatic heterocycles. The van der Waals surface area contributed by atoms with Gasteiger partial charge in [0.2, 0.25) is 0 Å². The fourth-order valence-electron chi connectivity index (χ4n) is 2.56. The fourth-order valence-corrected chi connectivity index (χ4v) is 4.38. The van der Waals surface area contributed by atoms with Crippen molar-refractivity contribution in [3.05, 3.63) is 51.4 Å². The van der Waals surface area contributed by atoms with Gasteiger partial charge in [-0.3, -0.25) is 14.9 Å². The lowest BCUT2D eigenvalue weighted by molar-refractivity contribution is -0.380. The number of thioether (sulfide) groups is 1. The summed E-state index contributed by atoms with van der Waals surface area (Å²) in [7, 11) is 0. The van der Waals surface area contributed by atoms with Crippen LogP contribution in [0.15, 0.2) is 41.3 Å². The highest BCUT2D eigenvalue weighted by Gasteiger charge is 2.25. The number of carbonyl (C=O) groups is 2. The van der Waals surface area contributed by atoms with Crippen molar-refractivity contribution in [2.45, 2.75) is 23.5 Å². The summed E-state index contributed by atoms with van der Waals surface area (Å²) in [5.41, 5.74) is 0.815. The summed E-state index contributed by atoms with van der Waals surface area (Å²) in [4.78, 5) is 37.5. The zero-order valence-electron chi connectivity index (χ0n) is 13.9. The summed E-state index contributed by atoms with van der Waals surface area (Å²) >= 11 is 2.44. The summed E-state index contributed by atoms with van der Waals surface area (Å²) in [6.45, 7) is 2.25. The highest BCUT2D eigenvalue weighted by atomic mass is 32.2. The molecule has 1 atom stereocenters. The third-order valence-electron chi connectivity index (χ3n) is 3.84. The first-order chi connectivity index (χ1) is 12.5. The van der Waals surface area contributed by atoms with Crippen LogP contribution in [0.5, 0.6) is 0 Å². The number of anilines is 1. The number of nitro groups is 1. The van der Waals surface area contributed by atoms with Gasteiger partial charge in [0, 0.05) is 22.8 Å². The molecule has 0 aliphatic carbocycles. The first-order valence-electron chi connectivity index (χ1n) is 7.93. The molecule has 9 heteroatoms. The molecular formula is C17H16N2O5S2. The Morgan fingerprint density at radius 1 is 1.31 bits per heavy atom. The molecule has 26 heavy (non-hydrogen) atoms. The molecule has 1 aromatic heterocycles. The van der Waals surface area contributed by atoms with E-state index in [2.05, 4.69) is 6.92 Å². The minimum atomic E-state index is -0.734. The van der Waals surface area contributed by atoms with Crippen LogP contribution in [0.25, 0.3) is 0 Å². The van der Waals surface area contributed by atoms with Gasteiger partial charge in [0.05, 0.1) is 10.6 Å². The van der Waals surface area contributed by atoms with E-state index in [9.17, 15) is 19.7 Å². The van der Waals surface area contributed by atoms with E-state index in [0.29, 0.717) is 11.8 Å². The van der Waals surface area contributed by atoms with E-state index in [-0.39, 0.29) is 15.8 Å². The minimum Gasteiger partial charge on any atom is -0.451 e. The Morgan fingerprint density at radius 3 is 2.81 bits per heavy atom. The van der Waals surface area contributed by atoms with E-state index < -0.39 is 17.5 Å². The maximum Gasteiger partial charge on any atom is 0.349 e. The fraction of sp³-hybridized carbons (Fsp3) is 0.294. The zero-order chi connectivity index (χ0) is 18.7.